The van der Waals surface area contributed by atoms with E-state index in [0.29, 0.717) is 16.6 Å². The number of hydrogen-bond donors (Lipinski definition) is 1. The number of amides is 1. The molecular formula is C19H17N7OS. The zero-order chi connectivity index (χ0) is 19.3. The number of allylic oxidation sites excluding steroid dienone is 1. The van der Waals surface area contributed by atoms with Gasteiger partial charge < -0.3 is 5.32 Å². The van der Waals surface area contributed by atoms with E-state index in [1.807, 2.05) is 41.8 Å². The fourth-order valence-corrected chi connectivity index (χ4v) is 3.62. The van der Waals surface area contributed by atoms with Crippen LogP contribution in [0, 0.1) is 5.92 Å². The molecule has 0 bridgehead atoms. The number of carbonyl (C=O) groups excluding carboxylic acids is 1. The predicted molar refractivity (Wildman–Crippen MR) is 106 cm³/mol. The van der Waals surface area contributed by atoms with Crippen LogP contribution in [0.15, 0.2) is 53.4 Å². The van der Waals surface area contributed by atoms with E-state index in [9.17, 15) is 4.79 Å². The average molecular weight is 391 g/mol. The molecule has 4 aromatic rings. The number of aromatic nitrogens is 6. The highest BCUT2D eigenvalue weighted by Gasteiger charge is 2.30. The molecule has 5 rings (SSSR count). The number of nitrogens with one attached hydrogen (secondary N) is 1. The van der Waals surface area contributed by atoms with Gasteiger partial charge in [-0.15, -0.1) is 10.2 Å². The summed E-state index contributed by atoms with van der Waals surface area (Å²) in [6.45, 7) is 5.95. The Kier molecular flexibility index (Phi) is 3.90. The molecule has 8 nitrogen and oxygen atoms in total. The molecule has 0 spiro atoms. The Morgan fingerprint density at radius 3 is 2.79 bits per heavy atom. The molecule has 4 aromatic heterocycles. The first-order valence-electron chi connectivity index (χ1n) is 8.93. The number of fused-ring (bicyclic) bond motifs is 2. The maximum Gasteiger partial charge on any atom is 0.228 e. The molecule has 0 aliphatic heterocycles. The van der Waals surface area contributed by atoms with Crippen LogP contribution >= 0.6 is 11.8 Å². The van der Waals surface area contributed by atoms with E-state index in [-0.39, 0.29) is 11.8 Å². The highest BCUT2D eigenvalue weighted by Crippen LogP contribution is 2.30. The fourth-order valence-electron chi connectivity index (χ4n) is 2.84. The topological polar surface area (TPSA) is 89.5 Å². The Bertz CT molecular complexity index is 1240. The van der Waals surface area contributed by atoms with Gasteiger partial charge in [-0.05, 0) is 66.9 Å². The SMILES string of the molecule is C=C(C)c1ccc2nnc(Sc3ccc4nc(NC(=O)C5CC5)cn4n3)n2c1. The molecule has 140 valence electrons. The fraction of sp³-hybridized carbons (Fsp3) is 0.211. The third-order valence-electron chi connectivity index (χ3n) is 4.55. The minimum Gasteiger partial charge on any atom is -0.309 e. The highest BCUT2D eigenvalue weighted by atomic mass is 32.2. The molecule has 1 saturated carbocycles. The number of anilines is 1. The van der Waals surface area contributed by atoms with Crippen molar-refractivity contribution < 1.29 is 4.79 Å². The van der Waals surface area contributed by atoms with Crippen molar-refractivity contribution in [1.82, 2.24) is 29.2 Å². The predicted octanol–water partition coefficient (Wildman–Crippen LogP) is 3.30. The Hall–Kier alpha value is -3.20. The second kappa shape index (κ2) is 6.45. The van der Waals surface area contributed by atoms with Crippen molar-refractivity contribution in [2.75, 3.05) is 5.32 Å². The smallest absolute Gasteiger partial charge is 0.228 e. The van der Waals surface area contributed by atoms with Gasteiger partial charge in [0.1, 0.15) is 5.03 Å². The van der Waals surface area contributed by atoms with Crippen LogP contribution in [0.5, 0.6) is 0 Å². The number of nitrogens with zero attached hydrogens (tertiary/aromatic N) is 6. The van der Waals surface area contributed by atoms with Crippen LogP contribution in [0.4, 0.5) is 5.82 Å². The van der Waals surface area contributed by atoms with Crippen molar-refractivity contribution in [2.45, 2.75) is 29.9 Å². The van der Waals surface area contributed by atoms with Gasteiger partial charge in [-0.2, -0.15) is 5.10 Å². The molecule has 0 saturated heterocycles. The summed E-state index contributed by atoms with van der Waals surface area (Å²) >= 11 is 1.41. The van der Waals surface area contributed by atoms with Crippen LogP contribution in [0.25, 0.3) is 16.9 Å². The molecule has 4 heterocycles. The first-order valence-corrected chi connectivity index (χ1v) is 9.74. The van der Waals surface area contributed by atoms with Crippen LogP contribution in [0.1, 0.15) is 25.3 Å². The molecule has 1 N–H and O–H groups in total. The van der Waals surface area contributed by atoms with Gasteiger partial charge >= 0.3 is 0 Å². The lowest BCUT2D eigenvalue weighted by molar-refractivity contribution is -0.117. The summed E-state index contributed by atoms with van der Waals surface area (Å²) in [5, 5.41) is 17.4. The van der Waals surface area contributed by atoms with Gasteiger partial charge in [-0.3, -0.25) is 9.20 Å². The quantitative estimate of drug-likeness (QED) is 0.561. The zero-order valence-electron chi connectivity index (χ0n) is 15.2. The molecule has 1 aliphatic rings. The first kappa shape index (κ1) is 16.9. The second-order valence-corrected chi connectivity index (χ2v) is 7.86. The van der Waals surface area contributed by atoms with E-state index in [0.717, 1.165) is 34.7 Å². The van der Waals surface area contributed by atoms with E-state index >= 15 is 0 Å². The molecule has 0 radical (unpaired) electrons. The number of rotatable bonds is 5. The average Bonchev–Trinajstić information content (AvgIpc) is 3.35. The van der Waals surface area contributed by atoms with E-state index in [1.165, 1.54) is 11.8 Å². The largest absolute Gasteiger partial charge is 0.309 e. The van der Waals surface area contributed by atoms with E-state index in [4.69, 9.17) is 0 Å². The summed E-state index contributed by atoms with van der Waals surface area (Å²) in [5.41, 5.74) is 3.45. The van der Waals surface area contributed by atoms with Crippen molar-refractivity contribution in [1.29, 1.82) is 0 Å². The van der Waals surface area contributed by atoms with Crippen LogP contribution in [0.3, 0.4) is 0 Å². The van der Waals surface area contributed by atoms with Crippen LogP contribution in [-0.4, -0.2) is 35.1 Å². The Morgan fingerprint density at radius 1 is 1.18 bits per heavy atom. The molecular weight excluding hydrogens is 374 g/mol. The second-order valence-electron chi connectivity index (χ2n) is 6.87. The lowest BCUT2D eigenvalue weighted by atomic mass is 10.1. The maximum absolute atomic E-state index is 11.9. The lowest BCUT2D eigenvalue weighted by Gasteiger charge is -2.03. The summed E-state index contributed by atoms with van der Waals surface area (Å²) in [5.74, 6) is 0.682. The molecule has 0 atom stereocenters. The first-order chi connectivity index (χ1) is 13.6. The monoisotopic (exact) mass is 391 g/mol. The van der Waals surface area contributed by atoms with Gasteiger partial charge in [-0.1, -0.05) is 6.58 Å². The number of carbonyl (C=O) groups is 1. The number of hydrogen-bond acceptors (Lipinski definition) is 6. The molecule has 28 heavy (non-hydrogen) atoms. The lowest BCUT2D eigenvalue weighted by Crippen LogP contribution is -2.13. The van der Waals surface area contributed by atoms with Crippen molar-refractivity contribution in [3.05, 3.63) is 48.8 Å². The summed E-state index contributed by atoms with van der Waals surface area (Å²) in [4.78, 5) is 16.3. The Labute approximate surface area is 164 Å². The number of imidazole rings is 1. The molecule has 1 amide bonds. The van der Waals surface area contributed by atoms with E-state index < -0.39 is 0 Å². The standard InChI is InChI=1S/C19H17N7OS/c1-11(2)13-5-6-16-22-23-19(25(16)9-13)28-17-8-7-15-20-14(10-26(15)24-17)21-18(27)12-3-4-12/h5-10,12H,1,3-4H2,2H3,(H,21,27). The van der Waals surface area contributed by atoms with E-state index in [2.05, 4.69) is 32.2 Å². The van der Waals surface area contributed by atoms with Crippen LogP contribution in [0.2, 0.25) is 0 Å². The van der Waals surface area contributed by atoms with E-state index in [1.54, 1.807) is 10.7 Å². The third-order valence-corrected chi connectivity index (χ3v) is 5.44. The molecule has 1 fully saturated rings. The third kappa shape index (κ3) is 3.13. The molecule has 1 aliphatic carbocycles. The minimum atomic E-state index is 0.0289. The van der Waals surface area contributed by atoms with Crippen molar-refractivity contribution in [3.63, 3.8) is 0 Å². The summed E-state index contributed by atoms with van der Waals surface area (Å²) in [7, 11) is 0. The Morgan fingerprint density at radius 2 is 2.00 bits per heavy atom. The van der Waals surface area contributed by atoms with Gasteiger partial charge in [-0.25, -0.2) is 9.50 Å². The summed E-state index contributed by atoms with van der Waals surface area (Å²) < 4.78 is 3.59. The van der Waals surface area contributed by atoms with Gasteiger partial charge in [0.05, 0.1) is 6.20 Å². The summed E-state index contributed by atoms with van der Waals surface area (Å²) in [6.07, 6.45) is 5.61. The number of pyridine rings is 1. The summed E-state index contributed by atoms with van der Waals surface area (Å²) in [6, 6.07) is 7.64. The van der Waals surface area contributed by atoms with Crippen LogP contribution in [-0.2, 0) is 4.79 Å². The van der Waals surface area contributed by atoms with Crippen molar-refractivity contribution >= 4 is 40.4 Å². The van der Waals surface area contributed by atoms with Gasteiger partial charge in [0.25, 0.3) is 0 Å². The minimum absolute atomic E-state index is 0.0289. The molecule has 0 unspecified atom stereocenters. The van der Waals surface area contributed by atoms with Gasteiger partial charge in [0, 0.05) is 12.1 Å². The van der Waals surface area contributed by atoms with Gasteiger partial charge in [0.15, 0.2) is 17.1 Å². The molecule has 9 heteroatoms. The maximum atomic E-state index is 11.9. The Balaban J connectivity index is 1.43. The normalized spacial score (nSPS) is 13.9. The van der Waals surface area contributed by atoms with Crippen molar-refractivity contribution in [3.8, 4) is 0 Å². The van der Waals surface area contributed by atoms with Gasteiger partial charge in [0.2, 0.25) is 11.1 Å². The van der Waals surface area contributed by atoms with Crippen molar-refractivity contribution in [2.24, 2.45) is 5.92 Å². The zero-order valence-corrected chi connectivity index (χ0v) is 16.0. The van der Waals surface area contributed by atoms with Crippen LogP contribution < -0.4 is 5.32 Å². The molecule has 0 aromatic carbocycles. The highest BCUT2D eigenvalue weighted by molar-refractivity contribution is 7.99.